The Morgan fingerprint density at radius 2 is 1.95 bits per heavy atom. The SMILES string of the molecule is C[C@@H](SCc1ccccc1)C(=O)Nc1nnc2ccccn12. The molecule has 6 heteroatoms. The summed E-state index contributed by atoms with van der Waals surface area (Å²) < 4.78 is 1.76. The molecule has 1 atom stereocenters. The maximum absolute atomic E-state index is 12.3. The monoisotopic (exact) mass is 312 g/mol. The molecule has 112 valence electrons. The Kier molecular flexibility index (Phi) is 4.39. The molecule has 0 unspecified atom stereocenters. The van der Waals surface area contributed by atoms with Gasteiger partial charge in [0.05, 0.1) is 5.25 Å². The third kappa shape index (κ3) is 3.28. The van der Waals surface area contributed by atoms with Crippen LogP contribution in [0, 0.1) is 0 Å². The van der Waals surface area contributed by atoms with Gasteiger partial charge in [0.15, 0.2) is 5.65 Å². The van der Waals surface area contributed by atoms with Crippen molar-refractivity contribution in [1.82, 2.24) is 14.6 Å². The van der Waals surface area contributed by atoms with Crippen LogP contribution in [-0.4, -0.2) is 25.8 Å². The van der Waals surface area contributed by atoms with Gasteiger partial charge in [0.1, 0.15) is 0 Å². The molecule has 0 bridgehead atoms. The summed E-state index contributed by atoms with van der Waals surface area (Å²) in [6.07, 6.45) is 1.83. The Balaban J connectivity index is 1.61. The van der Waals surface area contributed by atoms with E-state index in [9.17, 15) is 4.79 Å². The molecule has 3 aromatic rings. The lowest BCUT2D eigenvalue weighted by Gasteiger charge is -2.11. The van der Waals surface area contributed by atoms with Gasteiger partial charge in [-0.15, -0.1) is 22.0 Å². The molecule has 2 heterocycles. The van der Waals surface area contributed by atoms with Gasteiger partial charge in [-0.2, -0.15) is 0 Å². The highest BCUT2D eigenvalue weighted by Crippen LogP contribution is 2.19. The van der Waals surface area contributed by atoms with Gasteiger partial charge in [0.2, 0.25) is 11.9 Å². The Morgan fingerprint density at radius 3 is 2.77 bits per heavy atom. The smallest absolute Gasteiger partial charge is 0.239 e. The van der Waals surface area contributed by atoms with E-state index in [0.29, 0.717) is 11.6 Å². The standard InChI is InChI=1S/C16H16N4OS/c1-12(22-11-13-7-3-2-4-8-13)15(21)17-16-19-18-14-9-5-6-10-20(14)16/h2-10,12H,11H2,1H3,(H,17,19,21)/t12-/m1/s1. The zero-order valence-electron chi connectivity index (χ0n) is 12.1. The van der Waals surface area contributed by atoms with Crippen LogP contribution in [0.25, 0.3) is 5.65 Å². The van der Waals surface area contributed by atoms with Crippen molar-refractivity contribution in [3.8, 4) is 0 Å². The summed E-state index contributed by atoms with van der Waals surface area (Å²) >= 11 is 1.60. The topological polar surface area (TPSA) is 59.3 Å². The van der Waals surface area contributed by atoms with Gasteiger partial charge in [-0.3, -0.25) is 14.5 Å². The van der Waals surface area contributed by atoms with Gasteiger partial charge in [-0.25, -0.2) is 0 Å². The van der Waals surface area contributed by atoms with Crippen LogP contribution < -0.4 is 5.32 Å². The lowest BCUT2D eigenvalue weighted by molar-refractivity contribution is -0.115. The number of thioether (sulfide) groups is 1. The summed E-state index contributed by atoms with van der Waals surface area (Å²) in [4.78, 5) is 12.3. The zero-order chi connectivity index (χ0) is 15.4. The van der Waals surface area contributed by atoms with Gasteiger partial charge >= 0.3 is 0 Å². The molecule has 22 heavy (non-hydrogen) atoms. The summed E-state index contributed by atoms with van der Waals surface area (Å²) in [5.74, 6) is 1.18. The third-order valence-electron chi connectivity index (χ3n) is 3.26. The van der Waals surface area contributed by atoms with Crippen molar-refractivity contribution in [2.75, 3.05) is 5.32 Å². The number of pyridine rings is 1. The van der Waals surface area contributed by atoms with Crippen molar-refractivity contribution >= 4 is 29.3 Å². The van der Waals surface area contributed by atoms with E-state index in [-0.39, 0.29) is 11.2 Å². The molecule has 5 nitrogen and oxygen atoms in total. The third-order valence-corrected chi connectivity index (χ3v) is 4.47. The van der Waals surface area contributed by atoms with Gasteiger partial charge in [0, 0.05) is 11.9 Å². The van der Waals surface area contributed by atoms with Crippen LogP contribution in [0.3, 0.4) is 0 Å². The van der Waals surface area contributed by atoms with E-state index in [1.165, 1.54) is 5.56 Å². The van der Waals surface area contributed by atoms with Crippen molar-refractivity contribution in [2.24, 2.45) is 0 Å². The fraction of sp³-hybridized carbons (Fsp3) is 0.188. The molecular formula is C16H16N4OS. The highest BCUT2D eigenvalue weighted by Gasteiger charge is 2.16. The molecule has 1 amide bonds. The number of fused-ring (bicyclic) bond motifs is 1. The number of nitrogens with one attached hydrogen (secondary N) is 1. The molecule has 0 aliphatic heterocycles. The van der Waals surface area contributed by atoms with E-state index < -0.39 is 0 Å². The Hall–Kier alpha value is -2.34. The summed E-state index contributed by atoms with van der Waals surface area (Å²) in [6.45, 7) is 1.90. The first-order valence-electron chi connectivity index (χ1n) is 7.00. The number of hydrogen-bond acceptors (Lipinski definition) is 4. The van der Waals surface area contributed by atoms with Crippen LogP contribution in [0.5, 0.6) is 0 Å². The van der Waals surface area contributed by atoms with Crippen LogP contribution in [0.1, 0.15) is 12.5 Å². The summed E-state index contributed by atoms with van der Waals surface area (Å²) in [6, 6.07) is 15.7. The minimum Gasteiger partial charge on any atom is -0.293 e. The second-order valence-corrected chi connectivity index (χ2v) is 6.21. The van der Waals surface area contributed by atoms with Crippen molar-refractivity contribution in [3.63, 3.8) is 0 Å². The molecule has 0 radical (unpaired) electrons. The fourth-order valence-electron chi connectivity index (χ4n) is 2.01. The van der Waals surface area contributed by atoms with E-state index >= 15 is 0 Å². The molecule has 0 saturated carbocycles. The molecule has 3 rings (SSSR count). The van der Waals surface area contributed by atoms with Gasteiger partial charge in [-0.05, 0) is 24.6 Å². The van der Waals surface area contributed by atoms with E-state index in [0.717, 1.165) is 5.75 Å². The van der Waals surface area contributed by atoms with Crippen molar-refractivity contribution in [1.29, 1.82) is 0 Å². The first kappa shape index (κ1) is 14.6. The van der Waals surface area contributed by atoms with Crippen LogP contribution in [0.15, 0.2) is 54.7 Å². The predicted octanol–water partition coefficient (Wildman–Crippen LogP) is 2.99. The first-order valence-corrected chi connectivity index (χ1v) is 8.05. The van der Waals surface area contributed by atoms with Gasteiger partial charge in [-0.1, -0.05) is 36.4 Å². The highest BCUT2D eigenvalue weighted by atomic mass is 32.2. The molecule has 0 fully saturated rings. The number of anilines is 1. The van der Waals surface area contributed by atoms with E-state index in [2.05, 4.69) is 27.6 Å². The van der Waals surface area contributed by atoms with E-state index in [1.54, 1.807) is 16.2 Å². The fourth-order valence-corrected chi connectivity index (χ4v) is 2.85. The van der Waals surface area contributed by atoms with Crippen LogP contribution in [0.4, 0.5) is 5.95 Å². The van der Waals surface area contributed by atoms with Gasteiger partial charge in [0.25, 0.3) is 0 Å². The minimum atomic E-state index is -0.170. The van der Waals surface area contributed by atoms with E-state index in [1.807, 2.05) is 49.5 Å². The molecular weight excluding hydrogens is 296 g/mol. The largest absolute Gasteiger partial charge is 0.293 e. The maximum Gasteiger partial charge on any atom is 0.239 e. The lowest BCUT2D eigenvalue weighted by Crippen LogP contribution is -2.23. The maximum atomic E-state index is 12.3. The highest BCUT2D eigenvalue weighted by molar-refractivity contribution is 7.99. The number of carbonyl (C=O) groups is 1. The van der Waals surface area contributed by atoms with Crippen molar-refractivity contribution < 1.29 is 4.79 Å². The minimum absolute atomic E-state index is 0.0703. The molecule has 0 aliphatic carbocycles. The summed E-state index contributed by atoms with van der Waals surface area (Å²) in [5, 5.41) is 10.7. The van der Waals surface area contributed by atoms with Crippen LogP contribution in [0.2, 0.25) is 0 Å². The molecule has 0 aliphatic rings. The Labute approximate surface area is 132 Å². The molecule has 2 aromatic heterocycles. The number of benzene rings is 1. The Bertz CT molecular complexity index is 772. The number of amides is 1. The van der Waals surface area contributed by atoms with Gasteiger partial charge < -0.3 is 0 Å². The summed E-state index contributed by atoms with van der Waals surface area (Å²) in [5.41, 5.74) is 1.92. The predicted molar refractivity (Wildman–Crippen MR) is 88.8 cm³/mol. The quantitative estimate of drug-likeness (QED) is 0.787. The number of nitrogens with zero attached hydrogens (tertiary/aromatic N) is 3. The van der Waals surface area contributed by atoms with E-state index in [4.69, 9.17) is 0 Å². The normalized spacial score (nSPS) is 12.2. The Morgan fingerprint density at radius 1 is 1.18 bits per heavy atom. The molecule has 1 N–H and O–H groups in total. The number of hydrogen-bond donors (Lipinski definition) is 1. The van der Waals surface area contributed by atoms with Crippen molar-refractivity contribution in [2.45, 2.75) is 17.9 Å². The average molecular weight is 312 g/mol. The lowest BCUT2D eigenvalue weighted by atomic mass is 10.2. The van der Waals surface area contributed by atoms with Crippen LogP contribution in [-0.2, 0) is 10.5 Å². The van der Waals surface area contributed by atoms with Crippen LogP contribution >= 0.6 is 11.8 Å². The molecule has 0 saturated heterocycles. The second kappa shape index (κ2) is 6.62. The number of aromatic nitrogens is 3. The molecule has 0 spiro atoms. The average Bonchev–Trinajstić information content (AvgIpc) is 2.97. The second-order valence-electron chi connectivity index (χ2n) is 4.88. The first-order chi connectivity index (χ1) is 10.7. The molecule has 1 aromatic carbocycles. The number of carbonyl (C=O) groups excluding carboxylic acids is 1. The van der Waals surface area contributed by atoms with Crippen molar-refractivity contribution in [3.05, 3.63) is 60.3 Å². The summed E-state index contributed by atoms with van der Waals surface area (Å²) in [7, 11) is 0. The number of rotatable bonds is 5. The zero-order valence-corrected chi connectivity index (χ0v) is 13.0.